The van der Waals surface area contributed by atoms with Gasteiger partial charge in [0, 0.05) is 41.4 Å². The summed E-state index contributed by atoms with van der Waals surface area (Å²) >= 11 is 4.33. The van der Waals surface area contributed by atoms with Gasteiger partial charge in [-0.1, -0.05) is 0 Å². The van der Waals surface area contributed by atoms with Gasteiger partial charge in [-0.05, 0) is 24.3 Å². The molecule has 0 aliphatic heterocycles. The third-order valence-corrected chi connectivity index (χ3v) is 3.51. The molecule has 102 valence electrons. The van der Waals surface area contributed by atoms with Gasteiger partial charge >= 0.3 is 0 Å². The van der Waals surface area contributed by atoms with Gasteiger partial charge in [0.05, 0.1) is 5.69 Å². The van der Waals surface area contributed by atoms with E-state index in [-0.39, 0.29) is 0 Å². The molecule has 0 unspecified atom stereocenters. The Morgan fingerprint density at radius 3 is 2.76 bits per heavy atom. The second kappa shape index (κ2) is 4.75. The Morgan fingerprint density at radius 2 is 2.00 bits per heavy atom. The van der Waals surface area contributed by atoms with E-state index in [1.165, 1.54) is 0 Å². The predicted molar refractivity (Wildman–Crippen MR) is 82.8 cm³/mol. The SMILES string of the molecule is Sc1ccc2nc(-c3ccc(-n4ccnc4)nc3)cn2c1. The second-order valence-electron chi connectivity index (χ2n) is 4.65. The van der Waals surface area contributed by atoms with Crippen molar-refractivity contribution in [2.75, 3.05) is 0 Å². The molecule has 0 aliphatic rings. The molecule has 0 atom stereocenters. The third kappa shape index (κ3) is 2.19. The average Bonchev–Trinajstić information content (AvgIpc) is 3.16. The molecule has 4 aromatic heterocycles. The van der Waals surface area contributed by atoms with Crippen LogP contribution in [0.15, 0.2) is 66.5 Å². The summed E-state index contributed by atoms with van der Waals surface area (Å²) in [5, 5.41) is 0. The van der Waals surface area contributed by atoms with Gasteiger partial charge in [-0.2, -0.15) is 0 Å². The second-order valence-corrected chi connectivity index (χ2v) is 5.17. The van der Waals surface area contributed by atoms with Crippen molar-refractivity contribution in [1.29, 1.82) is 0 Å². The highest BCUT2D eigenvalue weighted by molar-refractivity contribution is 7.80. The largest absolute Gasteiger partial charge is 0.305 e. The molecular formula is C15H11N5S. The number of imidazole rings is 2. The molecule has 0 fully saturated rings. The number of fused-ring (bicyclic) bond motifs is 1. The standard InChI is InChI=1S/C15H11N5S/c21-12-2-4-15-18-13(9-20(15)8-12)11-1-3-14(17-7-11)19-6-5-16-10-19/h1-10,21H. The first-order chi connectivity index (χ1) is 10.3. The van der Waals surface area contributed by atoms with Crippen LogP contribution < -0.4 is 0 Å². The van der Waals surface area contributed by atoms with E-state index in [1.54, 1.807) is 12.5 Å². The molecule has 0 N–H and O–H groups in total. The van der Waals surface area contributed by atoms with Crippen LogP contribution in [-0.4, -0.2) is 23.9 Å². The van der Waals surface area contributed by atoms with Crippen LogP contribution in [0.3, 0.4) is 0 Å². The monoisotopic (exact) mass is 293 g/mol. The number of hydrogen-bond donors (Lipinski definition) is 1. The van der Waals surface area contributed by atoms with E-state index in [9.17, 15) is 0 Å². The fraction of sp³-hybridized carbons (Fsp3) is 0. The van der Waals surface area contributed by atoms with Gasteiger partial charge < -0.3 is 4.40 Å². The molecule has 4 rings (SSSR count). The lowest BCUT2D eigenvalue weighted by atomic mass is 10.2. The van der Waals surface area contributed by atoms with Gasteiger partial charge in [0.1, 0.15) is 17.8 Å². The Morgan fingerprint density at radius 1 is 1.05 bits per heavy atom. The van der Waals surface area contributed by atoms with Gasteiger partial charge in [0.15, 0.2) is 0 Å². The molecule has 0 amide bonds. The predicted octanol–water partition coefficient (Wildman–Crippen LogP) is 2.87. The molecule has 0 bridgehead atoms. The Hall–Kier alpha value is -2.60. The summed E-state index contributed by atoms with van der Waals surface area (Å²) in [4.78, 5) is 13.9. The average molecular weight is 293 g/mol. The molecule has 0 spiro atoms. The minimum Gasteiger partial charge on any atom is -0.305 e. The van der Waals surface area contributed by atoms with Crippen molar-refractivity contribution >= 4 is 18.3 Å². The first-order valence-electron chi connectivity index (χ1n) is 6.42. The zero-order valence-corrected chi connectivity index (χ0v) is 11.9. The summed E-state index contributed by atoms with van der Waals surface area (Å²) in [5.41, 5.74) is 2.75. The molecule has 21 heavy (non-hydrogen) atoms. The summed E-state index contributed by atoms with van der Waals surface area (Å²) in [6, 6.07) is 7.82. The topological polar surface area (TPSA) is 48.0 Å². The van der Waals surface area contributed by atoms with E-state index >= 15 is 0 Å². The minimum atomic E-state index is 0.831. The van der Waals surface area contributed by atoms with E-state index in [2.05, 4.69) is 27.6 Å². The molecular weight excluding hydrogens is 282 g/mol. The van der Waals surface area contributed by atoms with Crippen molar-refractivity contribution in [1.82, 2.24) is 23.9 Å². The lowest BCUT2D eigenvalue weighted by molar-refractivity contribution is 0.993. The van der Waals surface area contributed by atoms with Crippen molar-refractivity contribution in [2.45, 2.75) is 4.90 Å². The highest BCUT2D eigenvalue weighted by Gasteiger charge is 2.05. The minimum absolute atomic E-state index is 0.831. The first kappa shape index (κ1) is 12.2. The Balaban J connectivity index is 1.74. The number of nitrogens with zero attached hydrogens (tertiary/aromatic N) is 5. The van der Waals surface area contributed by atoms with Crippen molar-refractivity contribution in [3.63, 3.8) is 0 Å². The van der Waals surface area contributed by atoms with Crippen LogP contribution in [0, 0.1) is 0 Å². The highest BCUT2D eigenvalue weighted by Crippen LogP contribution is 2.20. The number of aromatic nitrogens is 5. The Kier molecular flexibility index (Phi) is 2.75. The summed E-state index contributed by atoms with van der Waals surface area (Å²) < 4.78 is 3.82. The van der Waals surface area contributed by atoms with E-state index < -0.39 is 0 Å². The zero-order chi connectivity index (χ0) is 14.2. The van der Waals surface area contributed by atoms with E-state index in [1.807, 2.05) is 58.0 Å². The van der Waals surface area contributed by atoms with Crippen molar-refractivity contribution in [2.24, 2.45) is 0 Å². The fourth-order valence-electron chi connectivity index (χ4n) is 2.20. The van der Waals surface area contributed by atoms with E-state index in [4.69, 9.17) is 0 Å². The van der Waals surface area contributed by atoms with Crippen LogP contribution in [0.4, 0.5) is 0 Å². The van der Waals surface area contributed by atoms with Gasteiger partial charge in [-0.25, -0.2) is 15.0 Å². The lowest BCUT2D eigenvalue weighted by Gasteiger charge is -2.01. The highest BCUT2D eigenvalue weighted by atomic mass is 32.1. The van der Waals surface area contributed by atoms with E-state index in [0.29, 0.717) is 0 Å². The zero-order valence-electron chi connectivity index (χ0n) is 11.0. The number of pyridine rings is 2. The number of rotatable bonds is 2. The van der Waals surface area contributed by atoms with Crippen molar-refractivity contribution < 1.29 is 0 Å². The third-order valence-electron chi connectivity index (χ3n) is 3.25. The van der Waals surface area contributed by atoms with Gasteiger partial charge in [-0.3, -0.25) is 4.57 Å². The summed E-state index contributed by atoms with van der Waals surface area (Å²) in [6.07, 6.45) is 11.0. The quantitative estimate of drug-likeness (QED) is 0.578. The Bertz CT molecular complexity index is 894. The molecule has 6 heteroatoms. The van der Waals surface area contributed by atoms with Crippen LogP contribution in [0.5, 0.6) is 0 Å². The van der Waals surface area contributed by atoms with Crippen LogP contribution in [0.2, 0.25) is 0 Å². The first-order valence-corrected chi connectivity index (χ1v) is 6.87. The van der Waals surface area contributed by atoms with E-state index in [0.717, 1.165) is 27.6 Å². The maximum absolute atomic E-state index is 4.59. The molecule has 0 aliphatic carbocycles. The normalized spacial score (nSPS) is 11.1. The summed E-state index contributed by atoms with van der Waals surface area (Å²) in [5.74, 6) is 0.831. The van der Waals surface area contributed by atoms with Crippen LogP contribution >= 0.6 is 12.6 Å². The lowest BCUT2D eigenvalue weighted by Crippen LogP contribution is -1.93. The van der Waals surface area contributed by atoms with Crippen LogP contribution in [-0.2, 0) is 0 Å². The fourth-order valence-corrected chi connectivity index (χ4v) is 2.40. The number of thiol groups is 1. The van der Waals surface area contributed by atoms with Gasteiger partial charge in [-0.15, -0.1) is 12.6 Å². The van der Waals surface area contributed by atoms with Crippen LogP contribution in [0.1, 0.15) is 0 Å². The maximum atomic E-state index is 4.59. The van der Waals surface area contributed by atoms with Gasteiger partial charge in [0.25, 0.3) is 0 Å². The maximum Gasteiger partial charge on any atom is 0.137 e. The smallest absolute Gasteiger partial charge is 0.137 e. The molecule has 5 nitrogen and oxygen atoms in total. The Labute approximate surface area is 126 Å². The van der Waals surface area contributed by atoms with Crippen molar-refractivity contribution in [3.8, 4) is 17.1 Å². The molecule has 4 heterocycles. The molecule has 0 radical (unpaired) electrons. The summed E-state index contributed by atoms with van der Waals surface area (Å²) in [6.45, 7) is 0. The molecule has 0 saturated heterocycles. The number of hydrogen-bond acceptors (Lipinski definition) is 4. The van der Waals surface area contributed by atoms with Crippen LogP contribution in [0.25, 0.3) is 22.7 Å². The van der Waals surface area contributed by atoms with Crippen molar-refractivity contribution in [3.05, 3.63) is 61.6 Å². The van der Waals surface area contributed by atoms with Gasteiger partial charge in [0.2, 0.25) is 0 Å². The molecule has 0 saturated carbocycles. The molecule has 0 aromatic carbocycles. The summed E-state index contributed by atoms with van der Waals surface area (Å²) in [7, 11) is 0. The molecule has 4 aromatic rings.